The van der Waals surface area contributed by atoms with Crippen LogP contribution in [0.25, 0.3) is 102 Å². The number of ether oxygens (including phenoxy) is 2. The Hall–Kier alpha value is -10.8. The molecule has 10 nitrogen and oxygen atoms in total. The molecule has 0 spiro atoms. The van der Waals surface area contributed by atoms with E-state index in [1.807, 2.05) is 26.0 Å². The van der Waals surface area contributed by atoms with Crippen molar-refractivity contribution in [1.82, 2.24) is 29.7 Å². The number of likely N-dealkylation sites (N-methyl/N-ethyl adjacent to an activating group) is 2. The minimum atomic E-state index is -0.0797. The molecule has 15 rings (SSSR count). The Morgan fingerprint density at radius 3 is 1.04 bits per heavy atom. The number of aryl methyl sites for hydroxylation is 2. The molecular weight excluding hydrogens is 1830 g/mol. The first-order chi connectivity index (χ1) is 67.6. The molecule has 8 bridgehead atoms. The van der Waals surface area contributed by atoms with Crippen LogP contribution in [0.5, 0.6) is 11.5 Å². The van der Waals surface area contributed by atoms with Gasteiger partial charge in [-0.05, 0) is 210 Å². The standard InChI is InChI=1S/C124H135N6O4S4.Zn/c1-11-19-25-31-33-37-51-87(49-35-27-21-13-3)119-111-73-69-107(125-111)105(67-65-103-97-57-43-39-53-93(97)101(94-54-40-44-58-98(94)103)63-61-89-81-116(134-78-48-30-24-16-6)92(80-85(89)9)84-118-122(132)130(18-8)124(136)138-118)108-70-74-112(126-108)120(88(50-36-28-22-14-4)52-38-34-32-26-20-12-2)114-76-72-110(128-114)106(109-71-75-113(119)127-109)68-66-104-99-59-45-41-55-95(99)102(96-56-42-46-60-100(96)104)64-62-90-79-86(10)91(82-115(90)133-77-47-29-23-15-5)83-117-121(131)129(17-7)123(135)137-117;/h39-46,53-60,69-76,79-84,87-88H,11-38,47-52,77-78H2,1-10H3,(H-,125,126,127,128,131,132);/q-1;+2/p-1. The summed E-state index contributed by atoms with van der Waals surface area (Å²) < 4.78 is 14.5. The van der Waals surface area contributed by atoms with Crippen LogP contribution in [-0.2, 0) is 29.1 Å². The summed E-state index contributed by atoms with van der Waals surface area (Å²) in [6, 6.07) is 51.6. The molecule has 2 atom stereocenters. The first-order valence-electron chi connectivity index (χ1n) is 51.7. The van der Waals surface area contributed by atoms with Crippen LogP contribution in [0, 0.1) is 61.2 Å². The molecule has 15 heteroatoms. The van der Waals surface area contributed by atoms with E-state index >= 15 is 0 Å². The average molecular weight is 1970 g/mol. The Morgan fingerprint density at radius 1 is 0.345 bits per heavy atom. The van der Waals surface area contributed by atoms with E-state index in [2.05, 4.69) is 273 Å². The summed E-state index contributed by atoms with van der Waals surface area (Å²) in [5.41, 5.74) is 19.5. The van der Waals surface area contributed by atoms with Gasteiger partial charge >= 0.3 is 19.5 Å². The molecule has 7 heterocycles. The smallest absolute Gasteiger partial charge is 0.656 e. The van der Waals surface area contributed by atoms with E-state index < -0.39 is 0 Å². The van der Waals surface area contributed by atoms with Crippen LogP contribution in [0.4, 0.5) is 0 Å². The maximum Gasteiger partial charge on any atom is 2.00 e. The van der Waals surface area contributed by atoms with Gasteiger partial charge in [-0.1, -0.05) is 425 Å². The van der Waals surface area contributed by atoms with E-state index in [-0.39, 0.29) is 43.1 Å². The van der Waals surface area contributed by atoms with Crippen molar-refractivity contribution in [3.8, 4) is 58.9 Å². The fourth-order valence-corrected chi connectivity index (χ4v) is 22.5. The molecular formula is C124H134N6O4S4Zn. The summed E-state index contributed by atoms with van der Waals surface area (Å²) in [7, 11) is 0. The van der Waals surface area contributed by atoms with Crippen LogP contribution < -0.4 is 19.4 Å². The van der Waals surface area contributed by atoms with Gasteiger partial charge in [0.1, 0.15) is 20.1 Å². The third-order valence-electron chi connectivity index (χ3n) is 27.5. The van der Waals surface area contributed by atoms with Crippen LogP contribution in [-0.4, -0.2) is 66.5 Å². The van der Waals surface area contributed by atoms with Crippen LogP contribution in [0.2, 0.25) is 0 Å². The van der Waals surface area contributed by atoms with Gasteiger partial charge in [0.05, 0.1) is 51.4 Å². The van der Waals surface area contributed by atoms with E-state index in [0.29, 0.717) is 56.3 Å². The largest absolute Gasteiger partial charge is 2.00 e. The fourth-order valence-electron chi connectivity index (χ4n) is 19.8. The molecule has 139 heavy (non-hydrogen) atoms. The summed E-state index contributed by atoms with van der Waals surface area (Å²) in [4.78, 5) is 55.5. The van der Waals surface area contributed by atoms with Crippen molar-refractivity contribution in [1.29, 1.82) is 0 Å². The monoisotopic (exact) mass is 1960 g/mol. The normalized spacial score (nSPS) is 13.9. The summed E-state index contributed by atoms with van der Waals surface area (Å²) in [6.07, 6.45) is 48.8. The maximum atomic E-state index is 13.7. The number of amides is 2. The number of rotatable bonds is 42. The average Bonchev–Trinajstić information content (AvgIpc) is 1.26. The number of nitrogens with zero attached hydrogens (tertiary/aromatic N) is 6. The number of unbranched alkanes of at least 4 members (excludes halogenated alkanes) is 22. The Bertz CT molecular complexity index is 6790. The van der Waals surface area contributed by atoms with Crippen molar-refractivity contribution >= 4 is 170 Å². The van der Waals surface area contributed by atoms with E-state index in [0.717, 1.165) is 294 Å². The van der Waals surface area contributed by atoms with E-state index in [1.165, 1.54) is 101 Å². The van der Waals surface area contributed by atoms with Crippen molar-refractivity contribution in [2.75, 3.05) is 26.3 Å². The second-order valence-electron chi connectivity index (χ2n) is 37.4. The first-order valence-corrected chi connectivity index (χ1v) is 54.2. The van der Waals surface area contributed by atoms with Crippen LogP contribution >= 0.6 is 48.0 Å². The van der Waals surface area contributed by atoms with Gasteiger partial charge in [0.2, 0.25) is 0 Å². The number of benzene rings is 8. The minimum absolute atomic E-state index is 0. The second kappa shape index (κ2) is 52.1. The molecule has 2 saturated heterocycles. The van der Waals surface area contributed by atoms with Crippen LogP contribution in [0.3, 0.4) is 0 Å². The molecule has 0 aliphatic carbocycles. The molecule has 0 radical (unpaired) electrons. The molecule has 11 aromatic rings. The van der Waals surface area contributed by atoms with Gasteiger partial charge in [0, 0.05) is 57.6 Å². The molecule has 3 aromatic heterocycles. The molecule has 4 aliphatic heterocycles. The molecule has 710 valence electrons. The number of hydrogen-bond acceptors (Lipinski definition) is 10. The third-order valence-corrected chi connectivity index (χ3v) is 30.2. The van der Waals surface area contributed by atoms with Gasteiger partial charge in [0.15, 0.2) is 0 Å². The Labute approximate surface area is 859 Å². The summed E-state index contributed by atoms with van der Waals surface area (Å²) >= 11 is 14.0. The van der Waals surface area contributed by atoms with E-state index in [1.54, 1.807) is 9.80 Å². The van der Waals surface area contributed by atoms with Crippen molar-refractivity contribution in [3.05, 3.63) is 256 Å². The zero-order valence-corrected chi connectivity index (χ0v) is 89.8. The SMILES string of the molecule is CCCCCCCCC(CCCCCC)c1c2nc(c(C#Cc3c4ccccc4c(C#Cc4cc(C)c(/C=C5\SC(=S)N(CC)C5=O)cc4OCCCCCC)c4ccccc34)c3ccc([n-]3)c(C(CCCCCC)CCCCCCCC)c3nc(c(C#Cc4c5ccccc5c(C#Cc5cc(OCCCCCC)c(/C=C6\SC(=S)N(CC)C6=O)cc5C)c5ccccc45)c4ccc1[n-]4)C=C3)C=C2.[Zn+2]. The molecule has 0 saturated carbocycles. The predicted octanol–water partition coefficient (Wildman–Crippen LogP) is 32.7. The number of thioether (sulfide) groups is 2. The summed E-state index contributed by atoms with van der Waals surface area (Å²) in [5, 5.41) is 7.98. The van der Waals surface area contributed by atoms with E-state index in [4.69, 9.17) is 53.8 Å². The zero-order chi connectivity index (χ0) is 96.2. The molecule has 2 amide bonds. The van der Waals surface area contributed by atoms with Gasteiger partial charge < -0.3 is 19.4 Å². The quantitative estimate of drug-likeness (QED) is 0.00906. The summed E-state index contributed by atoms with van der Waals surface area (Å²) in [5.74, 6) is 32.2. The number of aromatic nitrogens is 4. The number of carbonyl (C=O) groups excluding carboxylic acids is 2. The zero-order valence-electron chi connectivity index (χ0n) is 83.6. The Balaban J connectivity index is 0.0000154. The molecule has 2 fully saturated rings. The molecule has 8 aromatic carbocycles. The number of carbonyl (C=O) groups is 2. The molecule has 2 unspecified atom stereocenters. The minimum Gasteiger partial charge on any atom is -0.656 e. The van der Waals surface area contributed by atoms with E-state index in [9.17, 15) is 9.59 Å². The summed E-state index contributed by atoms with van der Waals surface area (Å²) in [6.45, 7) is 23.9. The van der Waals surface area contributed by atoms with Crippen molar-refractivity contribution in [2.45, 2.75) is 287 Å². The first kappa shape index (κ1) is 104. The number of hydrogen-bond donors (Lipinski definition) is 0. The van der Waals surface area contributed by atoms with Crippen molar-refractivity contribution in [2.24, 2.45) is 0 Å². The molecule has 4 aliphatic rings. The fraction of sp³-hybridized carbons (Fsp3) is 0.387. The third kappa shape index (κ3) is 25.6. The van der Waals surface area contributed by atoms with Gasteiger partial charge in [-0.25, -0.2) is 9.97 Å². The maximum absolute atomic E-state index is 13.7. The number of thiocarbonyl (C=S) groups is 2. The number of fused-ring (bicyclic) bond motifs is 12. The second-order valence-corrected chi connectivity index (χ2v) is 40.8. The van der Waals surface area contributed by atoms with Crippen molar-refractivity contribution < 1.29 is 38.5 Å². The van der Waals surface area contributed by atoms with Gasteiger partial charge in [-0.3, -0.25) is 19.4 Å². The Morgan fingerprint density at radius 2 is 0.662 bits per heavy atom. The molecule has 0 N–H and O–H groups in total. The topological polar surface area (TPSA) is 113 Å². The Kier molecular flexibility index (Phi) is 39.0. The van der Waals surface area contributed by atoms with Gasteiger partial charge in [-0.2, -0.15) is 0 Å². The van der Waals surface area contributed by atoms with Crippen LogP contribution in [0.15, 0.2) is 155 Å². The van der Waals surface area contributed by atoms with Crippen LogP contribution in [0.1, 0.15) is 373 Å². The van der Waals surface area contributed by atoms with Crippen molar-refractivity contribution in [3.63, 3.8) is 0 Å². The predicted molar refractivity (Wildman–Crippen MR) is 595 cm³/mol. The van der Waals surface area contributed by atoms with Gasteiger partial charge in [0.25, 0.3) is 11.8 Å². The van der Waals surface area contributed by atoms with Gasteiger partial charge in [-0.15, -0.1) is 22.1 Å².